The number of amides is 1. The van der Waals surface area contributed by atoms with Crippen LogP contribution in [0.3, 0.4) is 0 Å². The Balaban J connectivity index is 2.64. The molecule has 1 N–H and O–H groups in total. The fourth-order valence-electron chi connectivity index (χ4n) is 1.60. The van der Waals surface area contributed by atoms with Crippen LogP contribution in [0.2, 0.25) is 0 Å². The molecule has 1 aliphatic heterocycles. The second-order valence-electron chi connectivity index (χ2n) is 3.65. The van der Waals surface area contributed by atoms with E-state index < -0.39 is 16.3 Å². The summed E-state index contributed by atoms with van der Waals surface area (Å²) in [5.74, 6) is -0.317. The van der Waals surface area contributed by atoms with Crippen LogP contribution in [-0.4, -0.2) is 38.5 Å². The number of nitrogens with one attached hydrogen (secondary N) is 1. The fraction of sp³-hybridized carbons (Fsp3) is 0.778. The van der Waals surface area contributed by atoms with Crippen LogP contribution in [-0.2, 0) is 14.9 Å². The summed E-state index contributed by atoms with van der Waals surface area (Å²) in [4.78, 5) is 11.0. The Bertz CT molecular complexity index is 414. The lowest BCUT2D eigenvalue weighted by Gasteiger charge is -2.28. The van der Waals surface area contributed by atoms with Gasteiger partial charge in [0, 0.05) is 13.1 Å². The Morgan fingerprint density at radius 2 is 2.35 bits per heavy atom. The Labute approximate surface area is 101 Å². The minimum absolute atomic E-state index is 0.0994. The van der Waals surface area contributed by atoms with Crippen LogP contribution < -0.4 is 4.72 Å². The van der Waals surface area contributed by atoms with Crippen molar-refractivity contribution >= 4 is 16.3 Å². The van der Waals surface area contributed by atoms with Crippen LogP contribution in [0.25, 0.3) is 0 Å². The first-order valence-corrected chi connectivity index (χ1v) is 6.78. The molecule has 0 spiro atoms. The summed E-state index contributed by atoms with van der Waals surface area (Å²) in [5, 5.41) is 8.76. The molecule has 1 unspecified atom stereocenters. The molecule has 1 amide bonds. The molecule has 0 aromatic rings. The average Bonchev–Trinajstić information content (AvgIpc) is 2.28. The van der Waals surface area contributed by atoms with E-state index in [1.165, 1.54) is 0 Å². The van der Waals surface area contributed by atoms with E-state index in [-0.39, 0.29) is 19.1 Å². The van der Waals surface area contributed by atoms with Gasteiger partial charge in [-0.1, -0.05) is 0 Å². The second-order valence-corrected chi connectivity index (χ2v) is 5.32. The molecule has 1 saturated heterocycles. The molecule has 0 bridgehead atoms. The molecule has 8 heteroatoms. The number of carbonyl (C=O) groups is 1. The Hall–Kier alpha value is -1.33. The molecule has 1 rings (SSSR count). The number of hydrogen-bond acceptors (Lipinski definition) is 5. The lowest BCUT2D eigenvalue weighted by Crippen LogP contribution is -2.47. The zero-order chi connectivity index (χ0) is 12.9. The molecule has 1 heterocycles. The first-order valence-electron chi connectivity index (χ1n) is 5.34. The van der Waals surface area contributed by atoms with Gasteiger partial charge in [0.1, 0.15) is 0 Å². The molecule has 0 aromatic heterocycles. The van der Waals surface area contributed by atoms with Crippen LogP contribution in [0.1, 0.15) is 19.8 Å². The van der Waals surface area contributed by atoms with Gasteiger partial charge in [0.15, 0.2) is 0 Å². The monoisotopic (exact) mass is 261 g/mol. The van der Waals surface area contributed by atoms with Crippen molar-refractivity contribution in [1.29, 1.82) is 5.26 Å². The highest BCUT2D eigenvalue weighted by atomic mass is 32.2. The smallest absolute Gasteiger partial charge is 0.421 e. The van der Waals surface area contributed by atoms with E-state index in [1.54, 1.807) is 11.6 Å². The molecular formula is C9H15N3O4S. The Morgan fingerprint density at radius 3 is 2.94 bits per heavy atom. The van der Waals surface area contributed by atoms with Crippen molar-refractivity contribution in [3.8, 4) is 6.07 Å². The van der Waals surface area contributed by atoms with Crippen molar-refractivity contribution in [3.05, 3.63) is 0 Å². The summed E-state index contributed by atoms with van der Waals surface area (Å²) in [6.07, 6.45) is 0.302. The van der Waals surface area contributed by atoms with Gasteiger partial charge in [0.05, 0.1) is 18.6 Å². The molecule has 0 aromatic carbocycles. The van der Waals surface area contributed by atoms with Gasteiger partial charge >= 0.3 is 16.3 Å². The van der Waals surface area contributed by atoms with Gasteiger partial charge in [0.2, 0.25) is 0 Å². The second kappa shape index (κ2) is 5.84. The van der Waals surface area contributed by atoms with Crippen molar-refractivity contribution in [2.45, 2.75) is 19.8 Å². The lowest BCUT2D eigenvalue weighted by molar-refractivity contribution is 0.157. The zero-order valence-corrected chi connectivity index (χ0v) is 10.4. The Kier molecular flexibility index (Phi) is 4.72. The average molecular weight is 261 g/mol. The predicted molar refractivity (Wildman–Crippen MR) is 59.0 cm³/mol. The molecule has 1 aliphatic rings. The van der Waals surface area contributed by atoms with Crippen LogP contribution in [0.4, 0.5) is 4.79 Å². The first kappa shape index (κ1) is 13.7. The van der Waals surface area contributed by atoms with Crippen LogP contribution in [0.5, 0.6) is 0 Å². The number of carbonyl (C=O) groups excluding carboxylic acids is 1. The standard InChI is InChI=1S/C9H15N3O4S/c1-2-16-9(13)11-17(14,15)12-5-3-4-8(6-10)7-12/h8H,2-5,7H2,1H3,(H,11,13). The molecule has 1 fully saturated rings. The third-order valence-corrected chi connectivity index (χ3v) is 3.83. The Morgan fingerprint density at radius 1 is 1.65 bits per heavy atom. The molecule has 96 valence electrons. The zero-order valence-electron chi connectivity index (χ0n) is 9.55. The third-order valence-electron chi connectivity index (χ3n) is 2.39. The van der Waals surface area contributed by atoms with Gasteiger partial charge in [-0.3, -0.25) is 0 Å². The number of hydrogen-bond donors (Lipinski definition) is 1. The molecule has 17 heavy (non-hydrogen) atoms. The van der Waals surface area contributed by atoms with Crippen molar-refractivity contribution in [3.63, 3.8) is 0 Å². The highest BCUT2D eigenvalue weighted by Crippen LogP contribution is 2.17. The summed E-state index contributed by atoms with van der Waals surface area (Å²) in [6.45, 7) is 2.11. The molecule has 7 nitrogen and oxygen atoms in total. The van der Waals surface area contributed by atoms with E-state index >= 15 is 0 Å². The van der Waals surface area contributed by atoms with Gasteiger partial charge in [-0.25, -0.2) is 9.52 Å². The normalized spacial score (nSPS) is 21.5. The molecular weight excluding hydrogens is 246 g/mol. The first-order chi connectivity index (χ1) is 7.99. The summed E-state index contributed by atoms with van der Waals surface area (Å²) in [5.41, 5.74) is 0. The van der Waals surface area contributed by atoms with Crippen molar-refractivity contribution in [1.82, 2.24) is 9.03 Å². The van der Waals surface area contributed by atoms with Crippen molar-refractivity contribution in [2.75, 3.05) is 19.7 Å². The maximum atomic E-state index is 11.7. The third kappa shape index (κ3) is 3.87. The maximum Gasteiger partial charge on any atom is 0.421 e. The summed E-state index contributed by atoms with van der Waals surface area (Å²) in [6, 6.07) is 2.03. The number of nitrogens with zero attached hydrogens (tertiary/aromatic N) is 2. The minimum Gasteiger partial charge on any atom is -0.449 e. The van der Waals surface area contributed by atoms with E-state index in [1.807, 2.05) is 6.07 Å². The molecule has 1 atom stereocenters. The largest absolute Gasteiger partial charge is 0.449 e. The van der Waals surface area contributed by atoms with Crippen LogP contribution >= 0.6 is 0 Å². The number of rotatable bonds is 3. The van der Waals surface area contributed by atoms with Gasteiger partial charge in [-0.2, -0.15) is 18.0 Å². The van der Waals surface area contributed by atoms with Crippen LogP contribution in [0.15, 0.2) is 0 Å². The fourth-order valence-corrected chi connectivity index (χ4v) is 2.74. The van der Waals surface area contributed by atoms with Gasteiger partial charge in [-0.05, 0) is 19.8 Å². The van der Waals surface area contributed by atoms with Gasteiger partial charge in [-0.15, -0.1) is 0 Å². The van der Waals surface area contributed by atoms with Crippen molar-refractivity contribution < 1.29 is 17.9 Å². The van der Waals surface area contributed by atoms with Gasteiger partial charge < -0.3 is 4.74 Å². The maximum absolute atomic E-state index is 11.7. The summed E-state index contributed by atoms with van der Waals surface area (Å²) < 4.78 is 30.9. The topological polar surface area (TPSA) is 99.5 Å². The summed E-state index contributed by atoms with van der Waals surface area (Å²) >= 11 is 0. The van der Waals surface area contributed by atoms with E-state index in [0.29, 0.717) is 19.4 Å². The van der Waals surface area contributed by atoms with Crippen LogP contribution in [0, 0.1) is 17.2 Å². The highest BCUT2D eigenvalue weighted by molar-refractivity contribution is 7.87. The SMILES string of the molecule is CCOC(=O)NS(=O)(=O)N1CCCC(C#N)C1. The van der Waals surface area contributed by atoms with Gasteiger partial charge in [0.25, 0.3) is 0 Å². The molecule has 0 radical (unpaired) electrons. The number of nitriles is 1. The van der Waals surface area contributed by atoms with Crippen molar-refractivity contribution in [2.24, 2.45) is 5.92 Å². The van der Waals surface area contributed by atoms with E-state index in [2.05, 4.69) is 4.74 Å². The molecule has 0 aliphatic carbocycles. The van der Waals surface area contributed by atoms with E-state index in [0.717, 1.165) is 4.31 Å². The van der Waals surface area contributed by atoms with E-state index in [9.17, 15) is 13.2 Å². The van der Waals surface area contributed by atoms with E-state index in [4.69, 9.17) is 5.26 Å². The predicted octanol–water partition coefficient (Wildman–Crippen LogP) is 0.213. The number of piperidine rings is 1. The minimum atomic E-state index is -3.89. The summed E-state index contributed by atoms with van der Waals surface area (Å²) in [7, 11) is -3.89. The number of ether oxygens (including phenoxy) is 1. The molecule has 0 saturated carbocycles. The highest BCUT2D eigenvalue weighted by Gasteiger charge is 2.30. The lowest BCUT2D eigenvalue weighted by atomic mass is 10.0. The quantitative estimate of drug-likeness (QED) is 0.783.